The molecular weight excluding hydrogens is 465 g/mol. The summed E-state index contributed by atoms with van der Waals surface area (Å²) < 4.78 is 18.4. The SMILES string of the molecule is CCOc1cc(CNc2ccc(Oc3ccccc3)cc2)cc(I)c1OCC. The molecule has 4 nitrogen and oxygen atoms in total. The van der Waals surface area contributed by atoms with Crippen LogP contribution in [0, 0.1) is 3.57 Å². The van der Waals surface area contributed by atoms with Crippen molar-refractivity contribution in [3.8, 4) is 23.0 Å². The van der Waals surface area contributed by atoms with E-state index in [0.717, 1.165) is 37.8 Å². The van der Waals surface area contributed by atoms with Crippen molar-refractivity contribution < 1.29 is 14.2 Å². The van der Waals surface area contributed by atoms with Crippen molar-refractivity contribution in [3.05, 3.63) is 75.9 Å². The summed E-state index contributed by atoms with van der Waals surface area (Å²) in [5.41, 5.74) is 2.17. The van der Waals surface area contributed by atoms with Gasteiger partial charge in [-0.1, -0.05) is 18.2 Å². The van der Waals surface area contributed by atoms with Crippen LogP contribution in [0.25, 0.3) is 0 Å². The molecule has 28 heavy (non-hydrogen) atoms. The number of anilines is 1. The van der Waals surface area contributed by atoms with Gasteiger partial charge >= 0.3 is 0 Å². The van der Waals surface area contributed by atoms with E-state index in [2.05, 4.69) is 34.0 Å². The Kier molecular flexibility index (Phi) is 7.42. The van der Waals surface area contributed by atoms with Crippen molar-refractivity contribution in [3.63, 3.8) is 0 Å². The molecule has 3 rings (SSSR count). The summed E-state index contributed by atoms with van der Waals surface area (Å²) in [4.78, 5) is 0. The molecule has 0 aliphatic heterocycles. The summed E-state index contributed by atoms with van der Waals surface area (Å²) >= 11 is 2.29. The Bertz CT molecular complexity index is 882. The fraction of sp³-hybridized carbons (Fsp3) is 0.217. The molecule has 0 saturated heterocycles. The van der Waals surface area contributed by atoms with Crippen LogP contribution < -0.4 is 19.5 Å². The van der Waals surface area contributed by atoms with Gasteiger partial charge < -0.3 is 19.5 Å². The number of para-hydroxylation sites is 1. The van der Waals surface area contributed by atoms with E-state index in [0.29, 0.717) is 19.8 Å². The summed E-state index contributed by atoms with van der Waals surface area (Å²) in [6.07, 6.45) is 0. The second-order valence-electron chi connectivity index (χ2n) is 6.06. The van der Waals surface area contributed by atoms with E-state index < -0.39 is 0 Å². The minimum atomic E-state index is 0.607. The largest absolute Gasteiger partial charge is 0.490 e. The molecule has 0 fully saturated rings. The van der Waals surface area contributed by atoms with E-state index >= 15 is 0 Å². The predicted molar refractivity (Wildman–Crippen MR) is 122 cm³/mol. The van der Waals surface area contributed by atoms with E-state index in [1.54, 1.807) is 0 Å². The summed E-state index contributed by atoms with van der Waals surface area (Å²) in [6, 6.07) is 21.9. The van der Waals surface area contributed by atoms with Gasteiger partial charge in [0.05, 0.1) is 16.8 Å². The molecule has 0 amide bonds. The molecule has 0 spiro atoms. The first-order valence-corrected chi connectivity index (χ1v) is 10.4. The van der Waals surface area contributed by atoms with Gasteiger partial charge in [-0.2, -0.15) is 0 Å². The van der Waals surface area contributed by atoms with E-state index in [1.807, 2.05) is 74.5 Å². The van der Waals surface area contributed by atoms with Gasteiger partial charge in [-0.05, 0) is 90.5 Å². The van der Waals surface area contributed by atoms with Gasteiger partial charge in [0.2, 0.25) is 0 Å². The van der Waals surface area contributed by atoms with Crippen LogP contribution in [0.2, 0.25) is 0 Å². The molecule has 0 radical (unpaired) electrons. The maximum atomic E-state index is 5.83. The van der Waals surface area contributed by atoms with Crippen LogP contribution >= 0.6 is 22.6 Å². The number of halogens is 1. The maximum absolute atomic E-state index is 5.83. The lowest BCUT2D eigenvalue weighted by atomic mass is 10.2. The minimum absolute atomic E-state index is 0.607. The van der Waals surface area contributed by atoms with Gasteiger partial charge in [-0.25, -0.2) is 0 Å². The van der Waals surface area contributed by atoms with Gasteiger partial charge in [0.1, 0.15) is 11.5 Å². The Morgan fingerprint density at radius 2 is 1.50 bits per heavy atom. The van der Waals surface area contributed by atoms with Crippen molar-refractivity contribution in [1.29, 1.82) is 0 Å². The van der Waals surface area contributed by atoms with Crippen LogP contribution in [-0.2, 0) is 6.54 Å². The average molecular weight is 489 g/mol. The van der Waals surface area contributed by atoms with Crippen molar-refractivity contribution in [1.82, 2.24) is 0 Å². The Morgan fingerprint density at radius 3 is 2.18 bits per heavy atom. The third kappa shape index (κ3) is 5.55. The molecule has 3 aromatic carbocycles. The molecule has 0 aromatic heterocycles. The Hall–Kier alpha value is -2.41. The van der Waals surface area contributed by atoms with Crippen LogP contribution in [0.1, 0.15) is 19.4 Å². The van der Waals surface area contributed by atoms with Crippen LogP contribution in [0.4, 0.5) is 5.69 Å². The monoisotopic (exact) mass is 489 g/mol. The van der Waals surface area contributed by atoms with Gasteiger partial charge in [0.15, 0.2) is 11.5 Å². The zero-order valence-corrected chi connectivity index (χ0v) is 18.2. The van der Waals surface area contributed by atoms with E-state index in [4.69, 9.17) is 14.2 Å². The number of benzene rings is 3. The quantitative estimate of drug-likeness (QED) is 0.349. The van der Waals surface area contributed by atoms with Gasteiger partial charge in [-0.15, -0.1) is 0 Å². The lowest BCUT2D eigenvalue weighted by Gasteiger charge is -2.15. The smallest absolute Gasteiger partial charge is 0.174 e. The first-order valence-electron chi connectivity index (χ1n) is 9.34. The highest BCUT2D eigenvalue weighted by Crippen LogP contribution is 2.34. The second-order valence-corrected chi connectivity index (χ2v) is 7.23. The lowest BCUT2D eigenvalue weighted by Crippen LogP contribution is -2.04. The second kappa shape index (κ2) is 10.2. The maximum Gasteiger partial charge on any atom is 0.174 e. The summed E-state index contributed by atoms with van der Waals surface area (Å²) in [6.45, 7) is 5.88. The van der Waals surface area contributed by atoms with Gasteiger partial charge in [0, 0.05) is 12.2 Å². The van der Waals surface area contributed by atoms with Crippen molar-refractivity contribution in [2.24, 2.45) is 0 Å². The molecule has 146 valence electrons. The first-order chi connectivity index (χ1) is 13.7. The van der Waals surface area contributed by atoms with Crippen LogP contribution in [0.15, 0.2) is 66.7 Å². The standard InChI is InChI=1S/C23H24INO3/c1-3-26-22-15-17(14-21(24)23(22)27-4-2)16-25-18-10-12-20(13-11-18)28-19-8-6-5-7-9-19/h5-15,25H,3-4,16H2,1-2H3. The fourth-order valence-electron chi connectivity index (χ4n) is 2.74. The van der Waals surface area contributed by atoms with Crippen LogP contribution in [0.3, 0.4) is 0 Å². The molecule has 0 aliphatic carbocycles. The van der Waals surface area contributed by atoms with Crippen molar-refractivity contribution >= 4 is 28.3 Å². The van der Waals surface area contributed by atoms with E-state index in [1.165, 1.54) is 0 Å². The van der Waals surface area contributed by atoms with E-state index in [9.17, 15) is 0 Å². The highest BCUT2D eigenvalue weighted by molar-refractivity contribution is 14.1. The average Bonchev–Trinajstić information content (AvgIpc) is 2.71. The third-order valence-corrected chi connectivity index (χ3v) is 4.79. The molecule has 1 N–H and O–H groups in total. The minimum Gasteiger partial charge on any atom is -0.490 e. The highest BCUT2D eigenvalue weighted by Gasteiger charge is 2.11. The molecule has 0 unspecified atom stereocenters. The number of rotatable bonds is 9. The zero-order chi connectivity index (χ0) is 19.8. The number of nitrogens with one attached hydrogen (secondary N) is 1. The number of ether oxygens (including phenoxy) is 3. The Labute approximate surface area is 180 Å². The predicted octanol–water partition coefficient (Wildman–Crippen LogP) is 6.49. The summed E-state index contributed by atoms with van der Waals surface area (Å²) in [5.74, 6) is 3.25. The van der Waals surface area contributed by atoms with E-state index in [-0.39, 0.29) is 0 Å². The molecule has 0 heterocycles. The molecule has 0 aliphatic rings. The Balaban J connectivity index is 1.65. The van der Waals surface area contributed by atoms with Crippen LogP contribution in [-0.4, -0.2) is 13.2 Å². The summed E-state index contributed by atoms with van der Waals surface area (Å²) in [7, 11) is 0. The molecule has 0 bridgehead atoms. The lowest BCUT2D eigenvalue weighted by molar-refractivity contribution is 0.286. The third-order valence-electron chi connectivity index (χ3n) is 3.99. The van der Waals surface area contributed by atoms with Crippen molar-refractivity contribution in [2.45, 2.75) is 20.4 Å². The molecule has 0 atom stereocenters. The number of hydrogen-bond acceptors (Lipinski definition) is 4. The number of hydrogen-bond donors (Lipinski definition) is 1. The van der Waals surface area contributed by atoms with Crippen molar-refractivity contribution in [2.75, 3.05) is 18.5 Å². The van der Waals surface area contributed by atoms with Crippen LogP contribution in [0.5, 0.6) is 23.0 Å². The zero-order valence-electron chi connectivity index (χ0n) is 16.1. The molecule has 5 heteroatoms. The Morgan fingerprint density at radius 1 is 0.821 bits per heavy atom. The highest BCUT2D eigenvalue weighted by atomic mass is 127. The van der Waals surface area contributed by atoms with Gasteiger partial charge in [-0.3, -0.25) is 0 Å². The normalized spacial score (nSPS) is 10.4. The topological polar surface area (TPSA) is 39.7 Å². The molecule has 3 aromatic rings. The first kappa shape index (κ1) is 20.3. The fourth-order valence-corrected chi connectivity index (χ4v) is 3.56. The molecule has 0 saturated carbocycles. The van der Waals surface area contributed by atoms with Gasteiger partial charge in [0.25, 0.3) is 0 Å². The molecular formula is C23H24INO3. The summed E-state index contributed by atoms with van der Waals surface area (Å²) in [5, 5.41) is 3.44.